The van der Waals surface area contributed by atoms with Crippen molar-refractivity contribution in [3.8, 4) is 11.1 Å². The lowest BCUT2D eigenvalue weighted by atomic mass is 9.89. The van der Waals surface area contributed by atoms with Crippen molar-refractivity contribution in [1.82, 2.24) is 0 Å². The second kappa shape index (κ2) is 16.2. The van der Waals surface area contributed by atoms with Crippen LogP contribution in [0.5, 0.6) is 0 Å². The van der Waals surface area contributed by atoms with E-state index >= 15 is 0 Å². The highest BCUT2D eigenvalue weighted by Gasteiger charge is 2.17. The van der Waals surface area contributed by atoms with E-state index in [0.29, 0.717) is 6.54 Å². The minimum atomic E-state index is 0.523. The van der Waals surface area contributed by atoms with E-state index in [-0.39, 0.29) is 0 Å². The fraction of sp³-hybridized carbons (Fsp3) is 0.0370. The maximum Gasteiger partial charge on any atom is 0.134 e. The number of aryl methyl sites for hydroxylation is 1. The molecule has 0 spiro atoms. The van der Waals surface area contributed by atoms with E-state index in [1.54, 1.807) is 12.2 Å². The van der Waals surface area contributed by atoms with E-state index in [0.717, 1.165) is 88.8 Å². The van der Waals surface area contributed by atoms with Crippen LogP contribution in [0, 0.1) is 6.92 Å². The van der Waals surface area contributed by atoms with Gasteiger partial charge >= 0.3 is 0 Å². The van der Waals surface area contributed by atoms with Crippen molar-refractivity contribution in [2.24, 2.45) is 9.98 Å². The SMILES string of the molecule is C=C/C=C\c1c(C)oc2ccc(-c3ccc4c(c3)c3ccccc3c3cccc(/C(=C/C(=NCc5ccccc5)c5ccc(/C(C=C)=C/C=C)cc5)N=C)c34)cc12. The van der Waals surface area contributed by atoms with Crippen molar-refractivity contribution in [3.63, 3.8) is 0 Å². The molecular formula is C54H42N2O. The number of rotatable bonds is 12. The molecule has 0 fully saturated rings. The van der Waals surface area contributed by atoms with Crippen molar-refractivity contribution in [2.45, 2.75) is 13.5 Å². The summed E-state index contributed by atoms with van der Waals surface area (Å²) in [6.45, 7) is 18.3. The number of benzene rings is 7. The molecule has 8 aromatic rings. The van der Waals surface area contributed by atoms with Gasteiger partial charge in [-0.2, -0.15) is 0 Å². The fourth-order valence-corrected chi connectivity index (χ4v) is 7.75. The molecule has 3 heteroatoms. The van der Waals surface area contributed by atoms with Gasteiger partial charge in [0, 0.05) is 16.5 Å². The van der Waals surface area contributed by atoms with Crippen LogP contribution >= 0.6 is 0 Å². The average molecular weight is 735 g/mol. The van der Waals surface area contributed by atoms with Gasteiger partial charge in [0.1, 0.15) is 11.3 Å². The maximum atomic E-state index is 6.11. The minimum Gasteiger partial charge on any atom is -0.461 e. The molecule has 57 heavy (non-hydrogen) atoms. The van der Waals surface area contributed by atoms with E-state index in [2.05, 4.69) is 154 Å². The maximum absolute atomic E-state index is 6.11. The van der Waals surface area contributed by atoms with Crippen LogP contribution in [0.1, 0.15) is 33.6 Å². The van der Waals surface area contributed by atoms with Gasteiger partial charge in [0.2, 0.25) is 0 Å². The lowest BCUT2D eigenvalue weighted by Crippen LogP contribution is -2.01. The number of hydrogen-bond donors (Lipinski definition) is 0. The molecule has 0 unspecified atom stereocenters. The van der Waals surface area contributed by atoms with Crippen molar-refractivity contribution < 1.29 is 4.42 Å². The van der Waals surface area contributed by atoms with Gasteiger partial charge in [0.25, 0.3) is 0 Å². The lowest BCUT2D eigenvalue weighted by molar-refractivity contribution is 0.577. The second-order valence-corrected chi connectivity index (χ2v) is 13.9. The molecule has 0 N–H and O–H groups in total. The topological polar surface area (TPSA) is 37.9 Å². The minimum absolute atomic E-state index is 0.523. The van der Waals surface area contributed by atoms with Crippen LogP contribution in [-0.2, 0) is 6.54 Å². The Kier molecular flexibility index (Phi) is 10.4. The zero-order chi connectivity index (χ0) is 39.3. The Morgan fingerprint density at radius 3 is 2.04 bits per heavy atom. The third kappa shape index (κ3) is 7.15. The number of nitrogens with zero attached hydrogens (tertiary/aromatic N) is 2. The Morgan fingerprint density at radius 2 is 1.32 bits per heavy atom. The Hall–Kier alpha value is -7.36. The van der Waals surface area contributed by atoms with Crippen molar-refractivity contribution >= 4 is 73.1 Å². The van der Waals surface area contributed by atoms with Crippen molar-refractivity contribution in [1.29, 1.82) is 0 Å². The number of hydrogen-bond acceptors (Lipinski definition) is 3. The predicted molar refractivity (Wildman–Crippen MR) is 247 cm³/mol. The summed E-state index contributed by atoms with van der Waals surface area (Å²) in [5.74, 6) is 0.885. The molecule has 0 saturated carbocycles. The summed E-state index contributed by atoms with van der Waals surface area (Å²) in [7, 11) is 0. The van der Waals surface area contributed by atoms with Gasteiger partial charge in [0.05, 0.1) is 18.0 Å². The summed E-state index contributed by atoms with van der Waals surface area (Å²) in [4.78, 5) is 9.88. The molecule has 0 aliphatic carbocycles. The first kappa shape index (κ1) is 36.6. The van der Waals surface area contributed by atoms with Crippen LogP contribution in [0.25, 0.3) is 71.8 Å². The molecular weight excluding hydrogens is 693 g/mol. The number of furan rings is 1. The Bertz CT molecular complexity index is 2990. The zero-order valence-electron chi connectivity index (χ0n) is 32.1. The van der Waals surface area contributed by atoms with Gasteiger partial charge in [-0.05, 0) is 104 Å². The van der Waals surface area contributed by atoms with Crippen molar-refractivity contribution in [2.75, 3.05) is 0 Å². The molecule has 0 atom stereocenters. The van der Waals surface area contributed by atoms with E-state index in [9.17, 15) is 0 Å². The van der Waals surface area contributed by atoms with E-state index in [4.69, 9.17) is 14.4 Å². The quantitative estimate of drug-likeness (QED) is 0.0699. The van der Waals surface area contributed by atoms with Crippen LogP contribution in [0.4, 0.5) is 0 Å². The molecule has 0 bridgehead atoms. The van der Waals surface area contributed by atoms with Gasteiger partial charge in [-0.15, -0.1) is 0 Å². The molecule has 0 radical (unpaired) electrons. The zero-order valence-corrected chi connectivity index (χ0v) is 32.1. The fourth-order valence-electron chi connectivity index (χ4n) is 7.75. The van der Waals surface area contributed by atoms with Crippen LogP contribution in [0.15, 0.2) is 204 Å². The standard InChI is InChI=1S/C54H42N2O/c1-6-9-19-43-36(4)57-53-31-29-42(33-50(43)53)41-28-30-47-49(32-41)45-21-14-13-20-44(45)46-22-15-23-48(54(46)47)52(55-5)34-51(56-35-37-17-11-10-12-18-37)40-26-24-39(25-27-40)38(8-3)16-7-2/h6-34H,1-3,5,35H2,4H3/b19-9-,38-16+,52-34-,56-51?. The van der Waals surface area contributed by atoms with Gasteiger partial charge < -0.3 is 4.42 Å². The Balaban J connectivity index is 1.31. The van der Waals surface area contributed by atoms with Crippen LogP contribution in [0.3, 0.4) is 0 Å². The summed E-state index contributed by atoms with van der Waals surface area (Å²) in [6.07, 6.45) is 13.5. The number of fused-ring (bicyclic) bond motifs is 7. The highest BCUT2D eigenvalue weighted by molar-refractivity contribution is 6.28. The summed E-state index contributed by atoms with van der Waals surface area (Å²) in [5, 5.41) is 8.04. The predicted octanol–water partition coefficient (Wildman–Crippen LogP) is 14.6. The van der Waals surface area contributed by atoms with E-state index in [1.165, 1.54) is 16.2 Å². The summed E-state index contributed by atoms with van der Waals surface area (Å²) in [6, 6.07) is 47.1. The summed E-state index contributed by atoms with van der Waals surface area (Å²) >= 11 is 0. The first-order valence-corrected chi connectivity index (χ1v) is 19.0. The second-order valence-electron chi connectivity index (χ2n) is 13.9. The molecule has 0 amide bonds. The number of allylic oxidation sites excluding steroid dienone is 7. The monoisotopic (exact) mass is 734 g/mol. The van der Waals surface area contributed by atoms with Gasteiger partial charge in [-0.25, -0.2) is 0 Å². The molecule has 0 saturated heterocycles. The summed E-state index contributed by atoms with van der Waals surface area (Å²) in [5.41, 5.74) is 10.9. The van der Waals surface area contributed by atoms with Crippen LogP contribution in [0.2, 0.25) is 0 Å². The first-order valence-electron chi connectivity index (χ1n) is 19.0. The normalized spacial score (nSPS) is 12.5. The van der Waals surface area contributed by atoms with Crippen molar-refractivity contribution in [3.05, 3.63) is 223 Å². The summed E-state index contributed by atoms with van der Waals surface area (Å²) < 4.78 is 6.11. The average Bonchev–Trinajstić information content (AvgIpc) is 3.58. The van der Waals surface area contributed by atoms with E-state index < -0.39 is 0 Å². The molecule has 0 aliphatic rings. The highest BCUT2D eigenvalue weighted by atomic mass is 16.3. The smallest absolute Gasteiger partial charge is 0.134 e. The lowest BCUT2D eigenvalue weighted by Gasteiger charge is -2.16. The van der Waals surface area contributed by atoms with Crippen LogP contribution in [-0.4, -0.2) is 12.4 Å². The van der Waals surface area contributed by atoms with Gasteiger partial charge in [-0.1, -0.05) is 171 Å². The molecule has 1 heterocycles. The van der Waals surface area contributed by atoms with Crippen LogP contribution < -0.4 is 0 Å². The highest BCUT2D eigenvalue weighted by Crippen LogP contribution is 2.41. The largest absolute Gasteiger partial charge is 0.461 e. The Labute approximate surface area is 334 Å². The number of aliphatic imine (C=N–C) groups is 2. The molecule has 1 aromatic heterocycles. The molecule has 8 rings (SSSR count). The molecule has 7 aromatic carbocycles. The third-order valence-electron chi connectivity index (χ3n) is 10.5. The van der Waals surface area contributed by atoms with Gasteiger partial charge in [0.15, 0.2) is 0 Å². The Morgan fingerprint density at radius 1 is 0.649 bits per heavy atom. The molecule has 274 valence electrons. The van der Waals surface area contributed by atoms with Gasteiger partial charge in [-0.3, -0.25) is 9.98 Å². The van der Waals surface area contributed by atoms with E-state index in [1.807, 2.05) is 43.4 Å². The third-order valence-corrected chi connectivity index (χ3v) is 10.5. The molecule has 3 nitrogen and oxygen atoms in total. The molecule has 0 aliphatic heterocycles. The first-order chi connectivity index (χ1) is 28.0.